The third-order valence-corrected chi connectivity index (χ3v) is 5.22. The Morgan fingerprint density at radius 1 is 1.11 bits per heavy atom. The molecule has 0 saturated carbocycles. The lowest BCUT2D eigenvalue weighted by Crippen LogP contribution is -2.38. The quantitative estimate of drug-likeness (QED) is 0.708. The molecule has 0 atom stereocenters. The average Bonchev–Trinajstić information content (AvgIpc) is 3.23. The zero-order valence-electron chi connectivity index (χ0n) is 15.9. The zero-order valence-corrected chi connectivity index (χ0v) is 15.9. The Labute approximate surface area is 164 Å². The second-order valence-electron chi connectivity index (χ2n) is 6.98. The van der Waals surface area contributed by atoms with E-state index in [1.165, 1.54) is 5.69 Å². The molecule has 0 aliphatic carbocycles. The molecule has 28 heavy (non-hydrogen) atoms. The molecule has 1 aliphatic rings. The number of hydrogen-bond acceptors (Lipinski definition) is 4. The molecule has 1 saturated heterocycles. The van der Waals surface area contributed by atoms with Gasteiger partial charge in [-0.3, -0.25) is 9.89 Å². The number of hydrogen-bond donors (Lipinski definition) is 2. The van der Waals surface area contributed by atoms with Crippen LogP contribution in [-0.4, -0.2) is 36.3 Å². The van der Waals surface area contributed by atoms with E-state index in [0.717, 1.165) is 42.9 Å². The summed E-state index contributed by atoms with van der Waals surface area (Å²) in [7, 11) is 1.64. The van der Waals surface area contributed by atoms with Gasteiger partial charge in [0.15, 0.2) is 5.82 Å². The molecule has 1 aliphatic heterocycles. The molecule has 144 valence electrons. The van der Waals surface area contributed by atoms with Crippen LogP contribution in [0.3, 0.4) is 0 Å². The van der Waals surface area contributed by atoms with Crippen molar-refractivity contribution in [1.29, 1.82) is 0 Å². The van der Waals surface area contributed by atoms with Crippen molar-refractivity contribution in [3.8, 4) is 17.0 Å². The van der Waals surface area contributed by atoms with Crippen LogP contribution in [0.1, 0.15) is 12.8 Å². The van der Waals surface area contributed by atoms with Gasteiger partial charge in [-0.1, -0.05) is 18.2 Å². The fourth-order valence-electron chi connectivity index (χ4n) is 3.57. The Hall–Kier alpha value is -3.28. The minimum absolute atomic E-state index is 0.0149. The Balaban J connectivity index is 1.34. The van der Waals surface area contributed by atoms with E-state index in [4.69, 9.17) is 4.74 Å². The molecule has 2 heterocycles. The summed E-state index contributed by atoms with van der Waals surface area (Å²) in [5.41, 5.74) is 3.07. The van der Waals surface area contributed by atoms with Crippen molar-refractivity contribution in [2.24, 2.45) is 5.92 Å². The fourth-order valence-corrected chi connectivity index (χ4v) is 3.57. The van der Waals surface area contributed by atoms with E-state index < -0.39 is 0 Å². The SMILES string of the molecule is COc1ccc(-c2cc(NC(=O)C3CCN(c4ccccc4)CC3)n[nH]2)cc1. The maximum absolute atomic E-state index is 12.6. The van der Waals surface area contributed by atoms with Gasteiger partial charge in [0.25, 0.3) is 0 Å². The van der Waals surface area contributed by atoms with Gasteiger partial charge >= 0.3 is 0 Å². The van der Waals surface area contributed by atoms with Crippen LogP contribution >= 0.6 is 0 Å². The normalized spacial score (nSPS) is 14.7. The average molecular weight is 376 g/mol. The van der Waals surface area contributed by atoms with Crippen LogP contribution in [0.5, 0.6) is 5.75 Å². The topological polar surface area (TPSA) is 70.2 Å². The van der Waals surface area contributed by atoms with Gasteiger partial charge < -0.3 is 15.0 Å². The Bertz CT molecular complexity index is 913. The molecule has 2 N–H and O–H groups in total. The van der Waals surface area contributed by atoms with E-state index in [9.17, 15) is 4.79 Å². The van der Waals surface area contributed by atoms with Crippen molar-refractivity contribution in [3.05, 3.63) is 60.7 Å². The predicted molar refractivity (Wildman–Crippen MR) is 111 cm³/mol. The van der Waals surface area contributed by atoms with Crippen LogP contribution in [0.2, 0.25) is 0 Å². The Kier molecular flexibility index (Phi) is 5.28. The smallest absolute Gasteiger partial charge is 0.228 e. The van der Waals surface area contributed by atoms with Crippen LogP contribution in [-0.2, 0) is 4.79 Å². The summed E-state index contributed by atoms with van der Waals surface area (Å²) < 4.78 is 5.18. The molecule has 0 spiro atoms. The number of carbonyl (C=O) groups is 1. The molecule has 0 unspecified atom stereocenters. The number of H-pyrrole nitrogens is 1. The lowest BCUT2D eigenvalue weighted by atomic mass is 9.95. The van der Waals surface area contributed by atoms with Gasteiger partial charge in [0.05, 0.1) is 12.8 Å². The van der Waals surface area contributed by atoms with Crippen LogP contribution in [0.15, 0.2) is 60.7 Å². The molecule has 3 aromatic rings. The number of aromatic amines is 1. The number of para-hydroxylation sites is 1. The summed E-state index contributed by atoms with van der Waals surface area (Å²) >= 11 is 0. The summed E-state index contributed by atoms with van der Waals surface area (Å²) in [6.07, 6.45) is 1.69. The first-order valence-corrected chi connectivity index (χ1v) is 9.53. The molecule has 4 rings (SSSR count). The van der Waals surface area contributed by atoms with E-state index in [1.807, 2.05) is 48.5 Å². The zero-order chi connectivity index (χ0) is 19.3. The highest BCUT2D eigenvalue weighted by Crippen LogP contribution is 2.25. The van der Waals surface area contributed by atoms with Crippen molar-refractivity contribution in [1.82, 2.24) is 10.2 Å². The first-order valence-electron chi connectivity index (χ1n) is 9.53. The molecule has 1 amide bonds. The van der Waals surface area contributed by atoms with Gasteiger partial charge in [-0.2, -0.15) is 5.10 Å². The highest BCUT2D eigenvalue weighted by Gasteiger charge is 2.25. The third-order valence-electron chi connectivity index (χ3n) is 5.22. The van der Waals surface area contributed by atoms with Gasteiger partial charge in [0.2, 0.25) is 5.91 Å². The van der Waals surface area contributed by atoms with Crippen LogP contribution in [0.4, 0.5) is 11.5 Å². The van der Waals surface area contributed by atoms with E-state index in [2.05, 4.69) is 32.5 Å². The predicted octanol–water partition coefficient (Wildman–Crippen LogP) is 3.94. The molecule has 6 nitrogen and oxygen atoms in total. The number of amides is 1. The highest BCUT2D eigenvalue weighted by molar-refractivity contribution is 5.92. The number of rotatable bonds is 5. The molecule has 1 aromatic heterocycles. The Morgan fingerprint density at radius 2 is 1.82 bits per heavy atom. The first-order chi connectivity index (χ1) is 13.7. The molecule has 0 bridgehead atoms. The third kappa shape index (κ3) is 4.01. The molecule has 1 fully saturated rings. The molecular weight excluding hydrogens is 352 g/mol. The molecular formula is C22H24N4O2. The second kappa shape index (κ2) is 8.17. The van der Waals surface area contributed by atoms with Crippen molar-refractivity contribution >= 4 is 17.4 Å². The van der Waals surface area contributed by atoms with Crippen LogP contribution in [0.25, 0.3) is 11.3 Å². The minimum Gasteiger partial charge on any atom is -0.497 e. The molecule has 6 heteroatoms. The number of nitrogens with one attached hydrogen (secondary N) is 2. The van der Waals surface area contributed by atoms with Crippen molar-refractivity contribution in [2.45, 2.75) is 12.8 Å². The fraction of sp³-hybridized carbons (Fsp3) is 0.273. The maximum Gasteiger partial charge on any atom is 0.228 e. The van der Waals surface area contributed by atoms with E-state index in [1.54, 1.807) is 7.11 Å². The summed E-state index contributed by atoms with van der Waals surface area (Å²) in [6.45, 7) is 1.78. The standard InChI is InChI=1S/C22H24N4O2/c1-28-19-9-7-16(8-10-19)20-15-21(25-24-20)23-22(27)17-11-13-26(14-12-17)18-5-3-2-4-6-18/h2-10,15,17H,11-14H2,1H3,(H2,23,24,25,27). The van der Waals surface area contributed by atoms with Crippen molar-refractivity contribution in [3.63, 3.8) is 0 Å². The van der Waals surface area contributed by atoms with Gasteiger partial charge in [0.1, 0.15) is 5.75 Å². The summed E-state index contributed by atoms with van der Waals surface area (Å²) in [4.78, 5) is 15.0. The summed E-state index contributed by atoms with van der Waals surface area (Å²) in [6, 6.07) is 19.9. The maximum atomic E-state index is 12.6. The lowest BCUT2D eigenvalue weighted by Gasteiger charge is -2.32. The van der Waals surface area contributed by atoms with Crippen LogP contribution < -0.4 is 15.0 Å². The van der Waals surface area contributed by atoms with Crippen molar-refractivity contribution < 1.29 is 9.53 Å². The van der Waals surface area contributed by atoms with Crippen LogP contribution in [0, 0.1) is 5.92 Å². The van der Waals surface area contributed by atoms with Gasteiger partial charge in [-0.15, -0.1) is 0 Å². The van der Waals surface area contributed by atoms with E-state index in [0.29, 0.717) is 5.82 Å². The second-order valence-corrected chi connectivity index (χ2v) is 6.98. The van der Waals surface area contributed by atoms with Gasteiger partial charge in [-0.05, 0) is 54.8 Å². The summed E-state index contributed by atoms with van der Waals surface area (Å²) in [5, 5.41) is 10.2. The minimum atomic E-state index is 0.0149. The number of ether oxygens (including phenoxy) is 1. The number of benzene rings is 2. The number of piperidine rings is 1. The number of aromatic nitrogens is 2. The lowest BCUT2D eigenvalue weighted by molar-refractivity contribution is -0.120. The first kappa shape index (κ1) is 18.1. The number of carbonyl (C=O) groups excluding carboxylic acids is 1. The number of methoxy groups -OCH3 is 1. The van der Waals surface area contributed by atoms with Crippen molar-refractivity contribution in [2.75, 3.05) is 30.4 Å². The van der Waals surface area contributed by atoms with E-state index in [-0.39, 0.29) is 11.8 Å². The number of nitrogens with zero attached hydrogens (tertiary/aromatic N) is 2. The Morgan fingerprint density at radius 3 is 2.50 bits per heavy atom. The van der Waals surface area contributed by atoms with Gasteiger partial charge in [-0.25, -0.2) is 0 Å². The largest absolute Gasteiger partial charge is 0.497 e. The van der Waals surface area contributed by atoms with Gasteiger partial charge in [0, 0.05) is 30.8 Å². The monoisotopic (exact) mass is 376 g/mol. The number of anilines is 2. The highest BCUT2D eigenvalue weighted by atomic mass is 16.5. The molecule has 0 radical (unpaired) electrons. The van der Waals surface area contributed by atoms with E-state index >= 15 is 0 Å². The molecule has 2 aromatic carbocycles. The summed E-state index contributed by atoms with van der Waals surface area (Å²) in [5.74, 6) is 1.42.